The number of nitrogens with two attached hydrogens (primary N) is 1. The number of nitrogens with zero attached hydrogens (tertiary/aromatic N) is 3. The molecule has 6 heteroatoms. The average Bonchev–Trinajstić information content (AvgIpc) is 2.73. The van der Waals surface area contributed by atoms with Gasteiger partial charge in [-0.3, -0.25) is 9.48 Å². The maximum Gasteiger partial charge on any atom is 0.273 e. The number of amides is 1. The molecule has 1 atom stereocenters. The van der Waals surface area contributed by atoms with E-state index in [1.54, 1.807) is 10.9 Å². The summed E-state index contributed by atoms with van der Waals surface area (Å²) < 4.78 is 1.60. The van der Waals surface area contributed by atoms with Crippen LogP contribution in [0.25, 0.3) is 0 Å². The fourth-order valence-corrected chi connectivity index (χ4v) is 2.85. The Bertz CT molecular complexity index is 423. The van der Waals surface area contributed by atoms with E-state index in [4.69, 9.17) is 5.73 Å². The van der Waals surface area contributed by atoms with Crippen LogP contribution in [-0.2, 0) is 6.54 Å². The van der Waals surface area contributed by atoms with Crippen LogP contribution in [0.4, 0.5) is 0 Å². The number of carbonyl (C=O) groups is 1. The van der Waals surface area contributed by atoms with Crippen molar-refractivity contribution in [1.29, 1.82) is 0 Å². The van der Waals surface area contributed by atoms with Crippen LogP contribution >= 0.6 is 0 Å². The first-order valence-corrected chi connectivity index (χ1v) is 7.61. The smallest absolute Gasteiger partial charge is 0.273 e. The molecule has 1 heterocycles. The molecule has 1 aliphatic carbocycles. The highest BCUT2D eigenvalue weighted by Crippen LogP contribution is 2.25. The summed E-state index contributed by atoms with van der Waals surface area (Å²) in [5, 5.41) is 10.8. The van der Waals surface area contributed by atoms with Gasteiger partial charge in [0.25, 0.3) is 5.91 Å². The molecular weight excluding hydrogens is 254 g/mol. The molecule has 1 aromatic heterocycles. The Kier molecular flexibility index (Phi) is 5.52. The normalized spacial score (nSPS) is 18.5. The van der Waals surface area contributed by atoms with Crippen molar-refractivity contribution >= 4 is 5.91 Å². The minimum atomic E-state index is -0.134. The Labute approximate surface area is 120 Å². The third-order valence-corrected chi connectivity index (χ3v) is 4.10. The van der Waals surface area contributed by atoms with E-state index < -0.39 is 0 Å². The van der Waals surface area contributed by atoms with Crippen LogP contribution in [-0.4, -0.2) is 33.5 Å². The van der Waals surface area contributed by atoms with E-state index in [2.05, 4.69) is 22.6 Å². The first-order valence-electron chi connectivity index (χ1n) is 7.61. The van der Waals surface area contributed by atoms with Crippen LogP contribution in [0.2, 0.25) is 0 Å². The molecule has 3 N–H and O–H groups in total. The van der Waals surface area contributed by atoms with Crippen molar-refractivity contribution in [1.82, 2.24) is 20.3 Å². The van der Waals surface area contributed by atoms with Crippen molar-refractivity contribution in [2.45, 2.75) is 58.0 Å². The number of carbonyl (C=O) groups excluding carboxylic acids is 1. The van der Waals surface area contributed by atoms with Gasteiger partial charge in [0.15, 0.2) is 5.69 Å². The zero-order valence-corrected chi connectivity index (χ0v) is 12.2. The van der Waals surface area contributed by atoms with Gasteiger partial charge >= 0.3 is 0 Å². The summed E-state index contributed by atoms with van der Waals surface area (Å²) >= 11 is 0. The van der Waals surface area contributed by atoms with E-state index >= 15 is 0 Å². The molecule has 0 unspecified atom stereocenters. The number of nitrogens with one attached hydrogen (secondary N) is 1. The van der Waals surface area contributed by atoms with Crippen LogP contribution in [0.15, 0.2) is 6.20 Å². The first-order chi connectivity index (χ1) is 9.70. The van der Waals surface area contributed by atoms with Crippen LogP contribution in [0.1, 0.15) is 55.9 Å². The van der Waals surface area contributed by atoms with Crippen molar-refractivity contribution in [3.63, 3.8) is 0 Å². The lowest BCUT2D eigenvalue weighted by molar-refractivity contribution is 0.0918. The van der Waals surface area contributed by atoms with E-state index in [0.717, 1.165) is 0 Å². The van der Waals surface area contributed by atoms with E-state index in [9.17, 15) is 4.79 Å². The van der Waals surface area contributed by atoms with Crippen LogP contribution in [0, 0.1) is 5.92 Å². The van der Waals surface area contributed by atoms with Gasteiger partial charge in [-0.15, -0.1) is 5.10 Å². The van der Waals surface area contributed by atoms with Gasteiger partial charge in [-0.25, -0.2) is 0 Å². The Hall–Kier alpha value is -1.43. The third kappa shape index (κ3) is 4.03. The summed E-state index contributed by atoms with van der Waals surface area (Å²) in [5.74, 6) is 0.450. The second kappa shape index (κ2) is 7.38. The van der Waals surface area contributed by atoms with E-state index in [1.807, 2.05) is 0 Å². The predicted octanol–water partition coefficient (Wildman–Crippen LogP) is 1.33. The standard InChI is InChI=1S/C14H25N5O/c1-11(12-6-4-2-3-5-7-12)16-14(20)13-10-19(9-8-15)18-17-13/h10-12H,2-9,15H2,1H3,(H,16,20)/t11-/m1/s1. The number of hydrogen-bond acceptors (Lipinski definition) is 4. The first kappa shape index (κ1) is 15.0. The molecule has 112 valence electrons. The maximum atomic E-state index is 12.1. The average molecular weight is 279 g/mol. The topological polar surface area (TPSA) is 85.8 Å². The molecule has 20 heavy (non-hydrogen) atoms. The monoisotopic (exact) mass is 279 g/mol. The molecule has 1 saturated carbocycles. The largest absolute Gasteiger partial charge is 0.348 e. The summed E-state index contributed by atoms with van der Waals surface area (Å²) in [6.07, 6.45) is 9.27. The van der Waals surface area contributed by atoms with Crippen molar-refractivity contribution in [2.75, 3.05) is 6.54 Å². The third-order valence-electron chi connectivity index (χ3n) is 4.10. The van der Waals surface area contributed by atoms with Gasteiger partial charge in [0.1, 0.15) is 0 Å². The summed E-state index contributed by atoms with van der Waals surface area (Å²) in [6.45, 7) is 3.17. The molecule has 2 rings (SSSR count). The highest BCUT2D eigenvalue weighted by Gasteiger charge is 2.22. The van der Waals surface area contributed by atoms with E-state index in [-0.39, 0.29) is 11.9 Å². The molecule has 0 aliphatic heterocycles. The van der Waals surface area contributed by atoms with E-state index in [1.165, 1.54) is 38.5 Å². The Morgan fingerprint density at radius 3 is 2.80 bits per heavy atom. The maximum absolute atomic E-state index is 12.1. The van der Waals surface area contributed by atoms with Crippen molar-refractivity contribution in [3.8, 4) is 0 Å². The molecule has 0 bridgehead atoms. The Morgan fingerprint density at radius 1 is 1.45 bits per heavy atom. The zero-order chi connectivity index (χ0) is 14.4. The van der Waals surface area contributed by atoms with Crippen molar-refractivity contribution in [2.24, 2.45) is 11.7 Å². The Balaban J connectivity index is 1.88. The fourth-order valence-electron chi connectivity index (χ4n) is 2.85. The van der Waals surface area contributed by atoms with E-state index in [0.29, 0.717) is 24.7 Å². The highest BCUT2D eigenvalue weighted by atomic mass is 16.2. The fraction of sp³-hybridized carbons (Fsp3) is 0.786. The molecular formula is C14H25N5O. The van der Waals surface area contributed by atoms with Gasteiger partial charge in [-0.05, 0) is 25.7 Å². The van der Waals surface area contributed by atoms with Crippen LogP contribution in [0.5, 0.6) is 0 Å². The lowest BCUT2D eigenvalue weighted by atomic mass is 9.93. The molecule has 6 nitrogen and oxygen atoms in total. The van der Waals surface area contributed by atoms with Crippen LogP contribution in [0.3, 0.4) is 0 Å². The second-order valence-corrected chi connectivity index (χ2v) is 5.67. The molecule has 0 spiro atoms. The lowest BCUT2D eigenvalue weighted by Gasteiger charge is -2.23. The number of aromatic nitrogens is 3. The molecule has 1 aliphatic rings. The van der Waals surface area contributed by atoms with Gasteiger partial charge in [0.05, 0.1) is 12.7 Å². The summed E-state index contributed by atoms with van der Waals surface area (Å²) in [4.78, 5) is 12.1. The summed E-state index contributed by atoms with van der Waals surface area (Å²) in [6, 6.07) is 0.195. The molecule has 1 aromatic rings. The van der Waals surface area contributed by atoms with Crippen molar-refractivity contribution < 1.29 is 4.79 Å². The summed E-state index contributed by atoms with van der Waals surface area (Å²) in [7, 11) is 0. The molecule has 0 aromatic carbocycles. The number of hydrogen-bond donors (Lipinski definition) is 2. The van der Waals surface area contributed by atoms with Gasteiger partial charge in [0.2, 0.25) is 0 Å². The molecule has 0 radical (unpaired) electrons. The molecule has 1 amide bonds. The number of rotatable bonds is 5. The van der Waals surface area contributed by atoms with Crippen LogP contribution < -0.4 is 11.1 Å². The van der Waals surface area contributed by atoms with Crippen molar-refractivity contribution in [3.05, 3.63) is 11.9 Å². The summed E-state index contributed by atoms with van der Waals surface area (Å²) in [5.41, 5.74) is 5.82. The predicted molar refractivity (Wildman–Crippen MR) is 77.2 cm³/mol. The minimum Gasteiger partial charge on any atom is -0.348 e. The highest BCUT2D eigenvalue weighted by molar-refractivity contribution is 5.92. The quantitative estimate of drug-likeness (QED) is 0.796. The molecule has 1 fully saturated rings. The Morgan fingerprint density at radius 2 is 2.15 bits per heavy atom. The van der Waals surface area contributed by atoms with Gasteiger partial charge < -0.3 is 11.1 Å². The van der Waals surface area contributed by atoms with Gasteiger partial charge in [-0.1, -0.05) is 30.9 Å². The minimum absolute atomic E-state index is 0.134. The van der Waals surface area contributed by atoms with Gasteiger partial charge in [0, 0.05) is 12.6 Å². The SMILES string of the molecule is C[C@@H](NC(=O)c1cn(CCN)nn1)C1CCCCCC1. The zero-order valence-electron chi connectivity index (χ0n) is 12.2. The van der Waals surface area contributed by atoms with Gasteiger partial charge in [-0.2, -0.15) is 0 Å². The lowest BCUT2D eigenvalue weighted by Crippen LogP contribution is -2.38. The molecule has 0 saturated heterocycles. The second-order valence-electron chi connectivity index (χ2n) is 5.67.